The first kappa shape index (κ1) is 23.5. The van der Waals surface area contributed by atoms with Crippen LogP contribution in [0.2, 0.25) is 0 Å². The van der Waals surface area contributed by atoms with Gasteiger partial charge in [-0.3, -0.25) is 4.79 Å². The molecular formula is C31H30N2O3. The van der Waals surface area contributed by atoms with Gasteiger partial charge in [0.2, 0.25) is 5.91 Å². The Labute approximate surface area is 211 Å². The molecule has 36 heavy (non-hydrogen) atoms. The Bertz CT molecular complexity index is 1400. The number of hydrogen-bond donors (Lipinski definition) is 2. The fourth-order valence-electron chi connectivity index (χ4n) is 4.62. The van der Waals surface area contributed by atoms with Gasteiger partial charge < -0.3 is 19.5 Å². The van der Waals surface area contributed by atoms with E-state index in [-0.39, 0.29) is 11.8 Å². The van der Waals surface area contributed by atoms with Gasteiger partial charge in [-0.05, 0) is 52.9 Å². The van der Waals surface area contributed by atoms with Crippen LogP contribution in [0.5, 0.6) is 5.75 Å². The summed E-state index contributed by atoms with van der Waals surface area (Å²) in [5, 5.41) is 4.16. The normalized spacial score (nSPS) is 11.9. The highest BCUT2D eigenvalue weighted by atomic mass is 16.5. The maximum absolute atomic E-state index is 13.0. The molecule has 5 heteroatoms. The number of carbonyl (C=O) groups is 1. The van der Waals surface area contributed by atoms with Crippen LogP contribution in [0.3, 0.4) is 0 Å². The molecular weight excluding hydrogens is 448 g/mol. The zero-order valence-electron chi connectivity index (χ0n) is 20.4. The molecule has 5 nitrogen and oxygen atoms in total. The number of furan rings is 1. The van der Waals surface area contributed by atoms with Crippen molar-refractivity contribution < 1.29 is 13.9 Å². The zero-order valence-corrected chi connectivity index (χ0v) is 20.4. The highest BCUT2D eigenvalue weighted by Gasteiger charge is 2.22. The van der Waals surface area contributed by atoms with Crippen molar-refractivity contribution in [2.45, 2.75) is 38.8 Å². The van der Waals surface area contributed by atoms with Crippen molar-refractivity contribution in [1.82, 2.24) is 10.3 Å². The van der Waals surface area contributed by atoms with Gasteiger partial charge in [0.25, 0.3) is 0 Å². The highest BCUT2D eigenvalue weighted by Crippen LogP contribution is 2.35. The summed E-state index contributed by atoms with van der Waals surface area (Å²) < 4.78 is 11.3. The first-order chi connectivity index (χ1) is 17.7. The van der Waals surface area contributed by atoms with E-state index < -0.39 is 0 Å². The topological polar surface area (TPSA) is 67.3 Å². The number of hydrogen-bond acceptors (Lipinski definition) is 3. The molecule has 0 aliphatic rings. The largest absolute Gasteiger partial charge is 0.489 e. The number of rotatable bonds is 10. The lowest BCUT2D eigenvalue weighted by atomic mass is 9.87. The molecule has 2 N–H and O–H groups in total. The number of ether oxygens (including phenoxy) is 1. The fraction of sp³-hybridized carbons (Fsp3) is 0.194. The van der Waals surface area contributed by atoms with Crippen LogP contribution in [-0.4, -0.2) is 10.9 Å². The molecule has 3 aromatic carbocycles. The second kappa shape index (κ2) is 11.0. The van der Waals surface area contributed by atoms with Crippen molar-refractivity contribution in [2.75, 3.05) is 0 Å². The molecule has 0 spiro atoms. The highest BCUT2D eigenvalue weighted by molar-refractivity contribution is 5.88. The molecule has 1 unspecified atom stereocenters. The molecule has 1 amide bonds. The Balaban J connectivity index is 1.39. The lowest BCUT2D eigenvalue weighted by Gasteiger charge is -2.18. The van der Waals surface area contributed by atoms with Crippen LogP contribution < -0.4 is 10.1 Å². The Hall–Kier alpha value is -4.25. The van der Waals surface area contributed by atoms with E-state index in [0.29, 0.717) is 19.6 Å². The summed E-state index contributed by atoms with van der Waals surface area (Å²) in [7, 11) is 0. The van der Waals surface area contributed by atoms with E-state index >= 15 is 0 Å². The van der Waals surface area contributed by atoms with Crippen LogP contribution in [0.4, 0.5) is 0 Å². The average Bonchev–Trinajstić information content (AvgIpc) is 3.60. The molecule has 1 atom stereocenters. The van der Waals surface area contributed by atoms with Gasteiger partial charge in [0.15, 0.2) is 0 Å². The van der Waals surface area contributed by atoms with Gasteiger partial charge in [0.05, 0.1) is 12.8 Å². The molecule has 182 valence electrons. The van der Waals surface area contributed by atoms with E-state index in [1.54, 1.807) is 6.26 Å². The van der Waals surface area contributed by atoms with Gasteiger partial charge in [-0.25, -0.2) is 0 Å². The SMILES string of the molecule is CCc1cccc2c(C(CC(=O)NCc3ccco3)c3ccc(OCc4ccccc4)cc3)c[nH]c12. The summed E-state index contributed by atoms with van der Waals surface area (Å²) in [6.07, 6.45) is 4.93. The molecule has 0 fully saturated rings. The van der Waals surface area contributed by atoms with Gasteiger partial charge in [-0.2, -0.15) is 0 Å². The van der Waals surface area contributed by atoms with Crippen LogP contribution in [0.1, 0.15) is 47.3 Å². The molecule has 0 bridgehead atoms. The number of aromatic amines is 1. The van der Waals surface area contributed by atoms with E-state index in [1.165, 1.54) is 5.56 Å². The number of aryl methyl sites for hydroxylation is 1. The van der Waals surface area contributed by atoms with Gasteiger partial charge in [0.1, 0.15) is 18.1 Å². The van der Waals surface area contributed by atoms with Crippen molar-refractivity contribution >= 4 is 16.8 Å². The molecule has 0 aliphatic carbocycles. The molecule has 0 aliphatic heterocycles. The monoisotopic (exact) mass is 478 g/mol. The first-order valence-electron chi connectivity index (χ1n) is 12.4. The van der Waals surface area contributed by atoms with Crippen LogP contribution >= 0.6 is 0 Å². The number of para-hydroxylation sites is 1. The van der Waals surface area contributed by atoms with Crippen molar-refractivity contribution in [2.24, 2.45) is 0 Å². The van der Waals surface area contributed by atoms with Crippen molar-refractivity contribution in [3.63, 3.8) is 0 Å². The molecule has 5 rings (SSSR count). The van der Waals surface area contributed by atoms with E-state index in [4.69, 9.17) is 9.15 Å². The van der Waals surface area contributed by atoms with Gasteiger partial charge in [-0.15, -0.1) is 0 Å². The minimum Gasteiger partial charge on any atom is -0.489 e. The Morgan fingerprint density at radius 2 is 1.81 bits per heavy atom. The standard InChI is InChI=1S/C31H30N2O3/c1-2-23-10-6-12-27-29(20-33-31(23)27)28(18-30(34)32-19-26-11-7-17-35-26)24-13-15-25(16-14-24)36-21-22-8-4-3-5-9-22/h3-17,20,28,33H,2,18-19,21H2,1H3,(H,32,34). The number of benzene rings is 3. The maximum Gasteiger partial charge on any atom is 0.221 e. The van der Waals surface area contributed by atoms with Crippen LogP contribution in [0.25, 0.3) is 10.9 Å². The lowest BCUT2D eigenvalue weighted by molar-refractivity contribution is -0.121. The number of carbonyl (C=O) groups excluding carboxylic acids is 1. The number of nitrogens with one attached hydrogen (secondary N) is 2. The summed E-state index contributed by atoms with van der Waals surface area (Å²) in [6, 6.07) is 28.3. The first-order valence-corrected chi connectivity index (χ1v) is 12.4. The predicted molar refractivity (Wildman–Crippen MR) is 142 cm³/mol. The van der Waals surface area contributed by atoms with Gasteiger partial charge >= 0.3 is 0 Å². The van der Waals surface area contributed by atoms with Crippen molar-refractivity contribution in [3.05, 3.63) is 125 Å². The maximum atomic E-state index is 13.0. The summed E-state index contributed by atoms with van der Waals surface area (Å²) in [6.45, 7) is 3.04. The lowest BCUT2D eigenvalue weighted by Crippen LogP contribution is -2.24. The number of amides is 1. The minimum atomic E-state index is -0.106. The molecule has 2 aromatic heterocycles. The summed E-state index contributed by atoms with van der Waals surface area (Å²) in [5.74, 6) is 1.41. The Morgan fingerprint density at radius 3 is 2.56 bits per heavy atom. The van der Waals surface area contributed by atoms with E-state index in [2.05, 4.69) is 47.6 Å². The molecule has 0 radical (unpaired) electrons. The molecule has 2 heterocycles. The Kier molecular flexibility index (Phi) is 7.17. The van der Waals surface area contributed by atoms with Crippen molar-refractivity contribution in [3.8, 4) is 5.75 Å². The summed E-state index contributed by atoms with van der Waals surface area (Å²) >= 11 is 0. The molecule has 5 aromatic rings. The van der Waals surface area contributed by atoms with Crippen molar-refractivity contribution in [1.29, 1.82) is 0 Å². The molecule has 0 saturated heterocycles. The summed E-state index contributed by atoms with van der Waals surface area (Å²) in [4.78, 5) is 16.5. The van der Waals surface area contributed by atoms with Gasteiger partial charge in [-0.1, -0.05) is 67.6 Å². The predicted octanol–water partition coefficient (Wildman–Crippen LogP) is 6.74. The second-order valence-corrected chi connectivity index (χ2v) is 8.89. The second-order valence-electron chi connectivity index (χ2n) is 8.89. The Morgan fingerprint density at radius 1 is 0.972 bits per heavy atom. The van der Waals surface area contributed by atoms with E-state index in [1.807, 2.05) is 60.8 Å². The van der Waals surface area contributed by atoms with Crippen LogP contribution in [-0.2, 0) is 24.4 Å². The fourth-order valence-corrected chi connectivity index (χ4v) is 4.62. The quantitative estimate of drug-likeness (QED) is 0.234. The number of fused-ring (bicyclic) bond motifs is 1. The third-order valence-corrected chi connectivity index (χ3v) is 6.55. The zero-order chi connectivity index (χ0) is 24.7. The smallest absolute Gasteiger partial charge is 0.221 e. The number of aromatic nitrogens is 1. The minimum absolute atomic E-state index is 0.0261. The third kappa shape index (κ3) is 5.36. The average molecular weight is 479 g/mol. The van der Waals surface area contributed by atoms with Crippen LogP contribution in [0.15, 0.2) is 102 Å². The van der Waals surface area contributed by atoms with Crippen LogP contribution in [0, 0.1) is 0 Å². The number of H-pyrrole nitrogens is 1. The summed E-state index contributed by atoms with van der Waals surface area (Å²) in [5.41, 5.74) is 5.71. The van der Waals surface area contributed by atoms with Gasteiger partial charge in [0, 0.05) is 29.4 Å². The molecule has 0 saturated carbocycles. The van der Waals surface area contributed by atoms with E-state index in [0.717, 1.165) is 45.5 Å². The van der Waals surface area contributed by atoms with E-state index in [9.17, 15) is 4.79 Å². The third-order valence-electron chi connectivity index (χ3n) is 6.55.